The molecule has 5 heteroatoms. The van der Waals surface area contributed by atoms with Crippen LogP contribution in [0, 0.1) is 5.92 Å². The smallest absolute Gasteiger partial charge is 0.307 e. The predicted octanol–water partition coefficient (Wildman–Crippen LogP) is 1.33. The summed E-state index contributed by atoms with van der Waals surface area (Å²) in [7, 11) is 0. The Morgan fingerprint density at radius 2 is 2.41 bits per heavy atom. The van der Waals surface area contributed by atoms with E-state index in [9.17, 15) is 4.79 Å². The lowest BCUT2D eigenvalue weighted by molar-refractivity contribution is -0.143. The molecule has 2 heterocycles. The minimum atomic E-state index is -0.693. The Morgan fingerprint density at radius 1 is 1.59 bits per heavy atom. The molecule has 1 aliphatic heterocycles. The van der Waals surface area contributed by atoms with Crippen molar-refractivity contribution in [2.24, 2.45) is 5.92 Å². The van der Waals surface area contributed by atoms with E-state index in [2.05, 4.69) is 14.9 Å². The highest BCUT2D eigenvalue weighted by Crippen LogP contribution is 2.25. The molecule has 17 heavy (non-hydrogen) atoms. The number of nitrogens with zero attached hydrogens (tertiary/aromatic N) is 3. The third-order valence-electron chi connectivity index (χ3n) is 3.36. The summed E-state index contributed by atoms with van der Waals surface area (Å²) in [6.45, 7) is 3.59. The van der Waals surface area contributed by atoms with Crippen molar-refractivity contribution in [3.8, 4) is 0 Å². The summed E-state index contributed by atoms with van der Waals surface area (Å²) < 4.78 is 0. The van der Waals surface area contributed by atoms with Crippen LogP contribution in [0.5, 0.6) is 0 Å². The van der Waals surface area contributed by atoms with E-state index in [0.717, 1.165) is 25.1 Å². The number of rotatable bonds is 3. The Balaban J connectivity index is 2.05. The second kappa shape index (κ2) is 5.23. The summed E-state index contributed by atoms with van der Waals surface area (Å²) in [6.07, 6.45) is 6.77. The first-order chi connectivity index (χ1) is 8.18. The number of piperidine rings is 1. The van der Waals surface area contributed by atoms with Crippen LogP contribution < -0.4 is 0 Å². The van der Waals surface area contributed by atoms with Gasteiger partial charge in [0.25, 0.3) is 0 Å². The predicted molar refractivity (Wildman–Crippen MR) is 62.4 cm³/mol. The number of likely N-dealkylation sites (tertiary alicyclic amines) is 1. The average molecular weight is 235 g/mol. The molecule has 0 unspecified atom stereocenters. The van der Waals surface area contributed by atoms with Gasteiger partial charge in [-0.25, -0.2) is 0 Å². The number of carboxylic acid groups (broad SMARTS) is 1. The van der Waals surface area contributed by atoms with Gasteiger partial charge >= 0.3 is 5.97 Å². The third kappa shape index (κ3) is 2.79. The van der Waals surface area contributed by atoms with Crippen molar-refractivity contribution in [1.82, 2.24) is 14.9 Å². The summed E-state index contributed by atoms with van der Waals surface area (Å²) in [5.41, 5.74) is 0.901. The Hall–Kier alpha value is -1.49. The van der Waals surface area contributed by atoms with E-state index in [1.54, 1.807) is 18.6 Å². The van der Waals surface area contributed by atoms with Gasteiger partial charge in [0.15, 0.2) is 0 Å². The Bertz CT molecular complexity index is 383. The van der Waals surface area contributed by atoms with Crippen LogP contribution in [0.3, 0.4) is 0 Å². The normalized spacial score (nSPS) is 23.2. The molecule has 0 bridgehead atoms. The van der Waals surface area contributed by atoms with E-state index >= 15 is 0 Å². The molecular formula is C12H17N3O2. The van der Waals surface area contributed by atoms with Crippen LogP contribution in [-0.4, -0.2) is 39.0 Å². The van der Waals surface area contributed by atoms with E-state index in [1.165, 1.54) is 0 Å². The molecule has 0 saturated carbocycles. The first kappa shape index (κ1) is 12.0. The molecule has 0 amide bonds. The number of carboxylic acids is 1. The second-order valence-electron chi connectivity index (χ2n) is 4.48. The van der Waals surface area contributed by atoms with Crippen molar-refractivity contribution >= 4 is 5.97 Å². The fourth-order valence-electron chi connectivity index (χ4n) is 2.27. The highest BCUT2D eigenvalue weighted by Gasteiger charge is 2.28. The standard InChI is InChI=1S/C12H17N3O2/c1-9(11-7-13-4-5-14-11)15-6-2-3-10(8-15)12(16)17/h4-5,7,9-10H,2-3,6,8H2,1H3,(H,16,17)/t9-,10+/m1/s1. The van der Waals surface area contributed by atoms with Crippen LogP contribution in [0.1, 0.15) is 31.5 Å². The van der Waals surface area contributed by atoms with Gasteiger partial charge in [0.1, 0.15) is 0 Å². The number of hydrogen-bond acceptors (Lipinski definition) is 4. The van der Waals surface area contributed by atoms with Crippen LogP contribution >= 0.6 is 0 Å². The molecule has 2 rings (SSSR count). The Morgan fingerprint density at radius 3 is 3.06 bits per heavy atom. The molecule has 1 N–H and O–H groups in total. The number of aliphatic carboxylic acids is 1. The highest BCUT2D eigenvalue weighted by atomic mass is 16.4. The molecule has 2 atom stereocenters. The Labute approximate surface area is 100 Å². The lowest BCUT2D eigenvalue weighted by atomic mass is 9.96. The van der Waals surface area contributed by atoms with E-state index in [0.29, 0.717) is 6.54 Å². The van der Waals surface area contributed by atoms with Crippen LogP contribution in [-0.2, 0) is 4.79 Å². The maximum Gasteiger partial charge on any atom is 0.307 e. The zero-order chi connectivity index (χ0) is 12.3. The zero-order valence-electron chi connectivity index (χ0n) is 9.91. The molecule has 5 nitrogen and oxygen atoms in total. The molecular weight excluding hydrogens is 218 g/mol. The molecule has 1 saturated heterocycles. The Kier molecular flexibility index (Phi) is 3.68. The lowest BCUT2D eigenvalue weighted by Crippen LogP contribution is -2.40. The topological polar surface area (TPSA) is 66.3 Å². The van der Waals surface area contributed by atoms with Gasteiger partial charge in [0.2, 0.25) is 0 Å². The molecule has 0 aliphatic carbocycles. The van der Waals surface area contributed by atoms with Crippen molar-refractivity contribution in [2.45, 2.75) is 25.8 Å². The molecule has 0 aromatic carbocycles. The first-order valence-corrected chi connectivity index (χ1v) is 5.91. The van der Waals surface area contributed by atoms with Crippen molar-refractivity contribution in [3.63, 3.8) is 0 Å². The fourth-order valence-corrected chi connectivity index (χ4v) is 2.27. The molecule has 1 aromatic rings. The molecule has 92 valence electrons. The van der Waals surface area contributed by atoms with Crippen molar-refractivity contribution in [2.75, 3.05) is 13.1 Å². The minimum Gasteiger partial charge on any atom is -0.481 e. The SMILES string of the molecule is C[C@H](c1cnccn1)N1CCC[C@H](C(=O)O)C1. The zero-order valence-corrected chi connectivity index (χ0v) is 9.91. The van der Waals surface area contributed by atoms with Crippen LogP contribution in [0.2, 0.25) is 0 Å². The van der Waals surface area contributed by atoms with Crippen LogP contribution in [0.15, 0.2) is 18.6 Å². The quantitative estimate of drug-likeness (QED) is 0.856. The first-order valence-electron chi connectivity index (χ1n) is 5.91. The molecule has 0 radical (unpaired) electrons. The summed E-state index contributed by atoms with van der Waals surface area (Å²) >= 11 is 0. The number of carbonyl (C=O) groups is 1. The molecule has 1 aliphatic rings. The van der Waals surface area contributed by atoms with E-state index in [-0.39, 0.29) is 12.0 Å². The maximum absolute atomic E-state index is 11.0. The molecule has 1 fully saturated rings. The van der Waals surface area contributed by atoms with Gasteiger partial charge < -0.3 is 5.11 Å². The summed E-state index contributed by atoms with van der Waals surface area (Å²) in [5.74, 6) is -0.941. The molecule has 1 aromatic heterocycles. The van der Waals surface area contributed by atoms with Crippen molar-refractivity contribution < 1.29 is 9.90 Å². The van der Waals surface area contributed by atoms with Crippen LogP contribution in [0.25, 0.3) is 0 Å². The summed E-state index contributed by atoms with van der Waals surface area (Å²) in [4.78, 5) is 21.5. The van der Waals surface area contributed by atoms with E-state index < -0.39 is 5.97 Å². The lowest BCUT2D eigenvalue weighted by Gasteiger charge is -2.34. The van der Waals surface area contributed by atoms with Gasteiger partial charge in [-0.3, -0.25) is 19.7 Å². The summed E-state index contributed by atoms with van der Waals surface area (Å²) in [6, 6.07) is 0.130. The largest absolute Gasteiger partial charge is 0.481 e. The minimum absolute atomic E-state index is 0.130. The van der Waals surface area contributed by atoms with Gasteiger partial charge in [-0.05, 0) is 26.3 Å². The van der Waals surface area contributed by atoms with Gasteiger partial charge in [0, 0.05) is 25.1 Å². The second-order valence-corrected chi connectivity index (χ2v) is 4.48. The maximum atomic E-state index is 11.0. The fraction of sp³-hybridized carbons (Fsp3) is 0.583. The van der Waals surface area contributed by atoms with Gasteiger partial charge in [-0.15, -0.1) is 0 Å². The summed E-state index contributed by atoms with van der Waals surface area (Å²) in [5, 5.41) is 9.05. The van der Waals surface area contributed by atoms with Crippen molar-refractivity contribution in [1.29, 1.82) is 0 Å². The third-order valence-corrected chi connectivity index (χ3v) is 3.36. The molecule has 0 spiro atoms. The van der Waals surface area contributed by atoms with E-state index in [1.807, 2.05) is 6.92 Å². The van der Waals surface area contributed by atoms with Crippen molar-refractivity contribution in [3.05, 3.63) is 24.3 Å². The average Bonchev–Trinajstić information content (AvgIpc) is 2.39. The van der Waals surface area contributed by atoms with Gasteiger partial charge in [-0.2, -0.15) is 0 Å². The highest BCUT2D eigenvalue weighted by molar-refractivity contribution is 5.70. The monoisotopic (exact) mass is 235 g/mol. The number of aromatic nitrogens is 2. The van der Waals surface area contributed by atoms with E-state index in [4.69, 9.17) is 5.11 Å². The van der Waals surface area contributed by atoms with Gasteiger partial charge in [0.05, 0.1) is 17.7 Å². The van der Waals surface area contributed by atoms with Gasteiger partial charge in [-0.1, -0.05) is 0 Å². The number of hydrogen-bond donors (Lipinski definition) is 1. The van der Waals surface area contributed by atoms with Crippen LogP contribution in [0.4, 0.5) is 0 Å².